The molecule has 1 aliphatic heterocycles. The molecule has 0 N–H and O–H groups in total. The third-order valence-corrected chi connectivity index (χ3v) is 6.15. The molecular formula is C28H33N5O2. The van der Waals surface area contributed by atoms with Crippen LogP contribution in [0.3, 0.4) is 0 Å². The topological polar surface area (TPSA) is 69.6 Å². The minimum atomic E-state index is -0.0109. The highest BCUT2D eigenvalue weighted by molar-refractivity contribution is 5.85. The van der Waals surface area contributed by atoms with Crippen molar-refractivity contribution >= 4 is 17.6 Å². The summed E-state index contributed by atoms with van der Waals surface area (Å²) in [6.45, 7) is 7.15. The van der Waals surface area contributed by atoms with Crippen LogP contribution in [0.1, 0.15) is 25.8 Å². The molecule has 35 heavy (non-hydrogen) atoms. The molecule has 2 amide bonds. The van der Waals surface area contributed by atoms with E-state index >= 15 is 0 Å². The molecule has 7 nitrogen and oxygen atoms in total. The maximum atomic E-state index is 13.1. The molecule has 7 heteroatoms. The Labute approximate surface area is 207 Å². The zero-order valence-electron chi connectivity index (χ0n) is 20.5. The first-order valence-electron chi connectivity index (χ1n) is 12.2. The van der Waals surface area contributed by atoms with E-state index in [0.29, 0.717) is 39.1 Å². The highest BCUT2D eigenvalue weighted by atomic mass is 16.2. The molecule has 1 aromatic heterocycles. The quantitative estimate of drug-likeness (QED) is 0.499. The van der Waals surface area contributed by atoms with Crippen LogP contribution in [0, 0.1) is 5.92 Å². The second-order valence-electron chi connectivity index (χ2n) is 9.34. The number of nitrogens with zero attached hydrogens (tertiary/aromatic N) is 5. The number of piperazine rings is 1. The van der Waals surface area contributed by atoms with Gasteiger partial charge in [-0.3, -0.25) is 9.59 Å². The standard InChI is InChI=1S/C28H33N5O2/c1-22(2)19-27(34)33(20-23-9-5-3-6-10-23)21-28(35)32-17-15-31(16-18-32)26-14-13-25(29-30-26)24-11-7-4-8-12-24/h3-14,22H,15-21H2,1-2H3. The fourth-order valence-electron chi connectivity index (χ4n) is 4.22. The van der Waals surface area contributed by atoms with E-state index in [4.69, 9.17) is 0 Å². The Kier molecular flexibility index (Phi) is 8.08. The van der Waals surface area contributed by atoms with Crippen LogP contribution in [-0.2, 0) is 16.1 Å². The first-order valence-corrected chi connectivity index (χ1v) is 12.2. The van der Waals surface area contributed by atoms with Crippen LogP contribution >= 0.6 is 0 Å². The van der Waals surface area contributed by atoms with Gasteiger partial charge < -0.3 is 14.7 Å². The zero-order chi connectivity index (χ0) is 24.6. The normalized spacial score (nSPS) is 13.7. The Bertz CT molecular complexity index is 1100. The molecule has 0 radical (unpaired) electrons. The number of rotatable bonds is 8. The third kappa shape index (κ3) is 6.66. The van der Waals surface area contributed by atoms with Gasteiger partial charge in [-0.2, -0.15) is 0 Å². The lowest BCUT2D eigenvalue weighted by Gasteiger charge is -2.36. The molecule has 0 atom stereocenters. The van der Waals surface area contributed by atoms with Gasteiger partial charge in [0.15, 0.2) is 5.82 Å². The van der Waals surface area contributed by atoms with E-state index in [9.17, 15) is 9.59 Å². The van der Waals surface area contributed by atoms with E-state index in [-0.39, 0.29) is 24.3 Å². The minimum Gasteiger partial charge on any atom is -0.352 e. The molecule has 0 bridgehead atoms. The lowest BCUT2D eigenvalue weighted by Crippen LogP contribution is -2.52. The second-order valence-corrected chi connectivity index (χ2v) is 9.34. The van der Waals surface area contributed by atoms with Gasteiger partial charge in [0.1, 0.15) is 6.54 Å². The zero-order valence-corrected chi connectivity index (χ0v) is 20.5. The summed E-state index contributed by atoms with van der Waals surface area (Å²) >= 11 is 0. The van der Waals surface area contributed by atoms with Crippen LogP contribution < -0.4 is 4.90 Å². The molecule has 3 aromatic rings. The van der Waals surface area contributed by atoms with E-state index in [1.54, 1.807) is 4.90 Å². The van der Waals surface area contributed by atoms with Gasteiger partial charge in [0.05, 0.1) is 5.69 Å². The summed E-state index contributed by atoms with van der Waals surface area (Å²) in [5.74, 6) is 1.07. The smallest absolute Gasteiger partial charge is 0.242 e. The molecule has 1 fully saturated rings. The monoisotopic (exact) mass is 471 g/mol. The Hall–Kier alpha value is -3.74. The lowest BCUT2D eigenvalue weighted by molar-refractivity contribution is -0.141. The minimum absolute atomic E-state index is 0.0109. The Balaban J connectivity index is 1.34. The number of aromatic nitrogens is 2. The lowest BCUT2D eigenvalue weighted by atomic mass is 10.1. The summed E-state index contributed by atoms with van der Waals surface area (Å²) in [6, 6.07) is 23.8. The van der Waals surface area contributed by atoms with Gasteiger partial charge in [0.2, 0.25) is 11.8 Å². The van der Waals surface area contributed by atoms with Crippen LogP contribution in [0.25, 0.3) is 11.3 Å². The third-order valence-electron chi connectivity index (χ3n) is 6.15. The Morgan fingerprint density at radius 2 is 1.51 bits per heavy atom. The van der Waals surface area contributed by atoms with E-state index in [1.165, 1.54) is 0 Å². The fraction of sp³-hybridized carbons (Fsp3) is 0.357. The Morgan fingerprint density at radius 1 is 0.857 bits per heavy atom. The maximum absolute atomic E-state index is 13.1. The van der Waals surface area contributed by atoms with Gasteiger partial charge in [-0.1, -0.05) is 74.5 Å². The van der Waals surface area contributed by atoms with Gasteiger partial charge in [0.25, 0.3) is 0 Å². The SMILES string of the molecule is CC(C)CC(=O)N(CC(=O)N1CCN(c2ccc(-c3ccccc3)nn2)CC1)Cc1ccccc1. The van der Waals surface area contributed by atoms with Crippen molar-refractivity contribution < 1.29 is 9.59 Å². The molecule has 182 valence electrons. The van der Waals surface area contributed by atoms with Crippen molar-refractivity contribution in [2.24, 2.45) is 5.92 Å². The number of carbonyl (C=O) groups excluding carboxylic acids is 2. The number of hydrogen-bond acceptors (Lipinski definition) is 5. The fourth-order valence-corrected chi connectivity index (χ4v) is 4.22. The maximum Gasteiger partial charge on any atom is 0.242 e. The van der Waals surface area contributed by atoms with Gasteiger partial charge in [-0.05, 0) is 23.6 Å². The van der Waals surface area contributed by atoms with Gasteiger partial charge in [-0.25, -0.2) is 0 Å². The number of anilines is 1. The second kappa shape index (κ2) is 11.6. The molecule has 2 heterocycles. The van der Waals surface area contributed by atoms with Crippen molar-refractivity contribution in [3.05, 3.63) is 78.4 Å². The van der Waals surface area contributed by atoms with Crippen LogP contribution in [0.4, 0.5) is 5.82 Å². The van der Waals surface area contributed by atoms with E-state index < -0.39 is 0 Å². The highest BCUT2D eigenvalue weighted by Gasteiger charge is 2.26. The van der Waals surface area contributed by atoms with Crippen molar-refractivity contribution in [2.45, 2.75) is 26.8 Å². The predicted molar refractivity (Wildman–Crippen MR) is 138 cm³/mol. The molecule has 1 aliphatic rings. The van der Waals surface area contributed by atoms with Crippen molar-refractivity contribution in [3.8, 4) is 11.3 Å². The molecule has 0 spiro atoms. The first kappa shape index (κ1) is 24.4. The first-order chi connectivity index (χ1) is 17.0. The predicted octanol–water partition coefficient (Wildman–Crippen LogP) is 3.87. The van der Waals surface area contributed by atoms with Gasteiger partial charge >= 0.3 is 0 Å². The number of carbonyl (C=O) groups is 2. The molecule has 1 saturated heterocycles. The Morgan fingerprint density at radius 3 is 2.11 bits per heavy atom. The summed E-state index contributed by atoms with van der Waals surface area (Å²) in [4.78, 5) is 31.7. The van der Waals surface area contributed by atoms with E-state index in [0.717, 1.165) is 22.6 Å². The largest absolute Gasteiger partial charge is 0.352 e. The summed E-state index contributed by atoms with van der Waals surface area (Å²) in [5.41, 5.74) is 2.90. The van der Waals surface area contributed by atoms with Crippen LogP contribution in [0.2, 0.25) is 0 Å². The molecule has 2 aromatic carbocycles. The number of hydrogen-bond donors (Lipinski definition) is 0. The summed E-state index contributed by atoms with van der Waals surface area (Å²) in [6.07, 6.45) is 0.436. The van der Waals surface area contributed by atoms with Crippen molar-refractivity contribution in [3.63, 3.8) is 0 Å². The van der Waals surface area contributed by atoms with Crippen molar-refractivity contribution in [1.82, 2.24) is 20.0 Å². The number of amides is 2. The van der Waals surface area contributed by atoms with Crippen LogP contribution in [0.15, 0.2) is 72.8 Å². The summed E-state index contributed by atoms with van der Waals surface area (Å²) < 4.78 is 0. The average Bonchev–Trinajstić information content (AvgIpc) is 2.89. The van der Waals surface area contributed by atoms with Crippen LogP contribution in [0.5, 0.6) is 0 Å². The van der Waals surface area contributed by atoms with Gasteiger partial charge in [-0.15, -0.1) is 10.2 Å². The number of benzene rings is 2. The highest BCUT2D eigenvalue weighted by Crippen LogP contribution is 2.19. The molecule has 0 unspecified atom stereocenters. The summed E-state index contributed by atoms with van der Waals surface area (Å²) in [5, 5.41) is 8.80. The molecule has 0 saturated carbocycles. The van der Waals surface area contributed by atoms with Crippen molar-refractivity contribution in [2.75, 3.05) is 37.6 Å². The van der Waals surface area contributed by atoms with Gasteiger partial charge in [0, 0.05) is 44.7 Å². The van der Waals surface area contributed by atoms with E-state index in [2.05, 4.69) is 15.1 Å². The molecule has 4 rings (SSSR count). The average molecular weight is 472 g/mol. The summed E-state index contributed by atoms with van der Waals surface area (Å²) in [7, 11) is 0. The van der Waals surface area contributed by atoms with E-state index in [1.807, 2.05) is 91.5 Å². The van der Waals surface area contributed by atoms with Crippen LogP contribution in [-0.4, -0.2) is 64.5 Å². The molecular weight excluding hydrogens is 438 g/mol. The molecule has 0 aliphatic carbocycles. The van der Waals surface area contributed by atoms with Crippen molar-refractivity contribution in [1.29, 1.82) is 0 Å².